The van der Waals surface area contributed by atoms with Crippen molar-refractivity contribution in [1.29, 1.82) is 0 Å². The summed E-state index contributed by atoms with van der Waals surface area (Å²) in [5.74, 6) is -0.890. The average Bonchev–Trinajstić information content (AvgIpc) is 2.56. The summed E-state index contributed by atoms with van der Waals surface area (Å²) in [5, 5.41) is 17.4. The summed E-state index contributed by atoms with van der Waals surface area (Å²) in [6.45, 7) is 0. The topological polar surface area (TPSA) is 114 Å². The monoisotopic (exact) mass is 332 g/mol. The molecular formula is C16H20N4O4. The van der Waals surface area contributed by atoms with Crippen molar-refractivity contribution in [2.24, 2.45) is 5.10 Å². The molecule has 0 aromatic heterocycles. The van der Waals surface area contributed by atoms with E-state index < -0.39 is 10.8 Å². The van der Waals surface area contributed by atoms with Crippen LogP contribution in [0.2, 0.25) is 0 Å². The molecule has 1 aliphatic carbocycles. The van der Waals surface area contributed by atoms with Gasteiger partial charge in [0.1, 0.15) is 6.42 Å². The fourth-order valence-electron chi connectivity index (χ4n) is 2.65. The SMILES string of the molecule is O=C(CC(=O)NC1CCCCC1)N/N=C\c1ccccc1[N+](=O)[O-]. The number of hydrogen-bond donors (Lipinski definition) is 2. The highest BCUT2D eigenvalue weighted by Gasteiger charge is 2.17. The molecule has 0 heterocycles. The van der Waals surface area contributed by atoms with E-state index in [0.29, 0.717) is 0 Å². The van der Waals surface area contributed by atoms with E-state index in [4.69, 9.17) is 0 Å². The van der Waals surface area contributed by atoms with Gasteiger partial charge in [-0.15, -0.1) is 0 Å². The van der Waals surface area contributed by atoms with Gasteiger partial charge in [-0.2, -0.15) is 5.10 Å². The summed E-state index contributed by atoms with van der Waals surface area (Å²) in [5.41, 5.74) is 2.38. The second kappa shape index (κ2) is 8.76. The molecule has 128 valence electrons. The smallest absolute Gasteiger partial charge is 0.278 e. The third-order valence-electron chi connectivity index (χ3n) is 3.82. The number of nitrogens with zero attached hydrogens (tertiary/aromatic N) is 2. The van der Waals surface area contributed by atoms with Crippen molar-refractivity contribution in [2.75, 3.05) is 0 Å². The van der Waals surface area contributed by atoms with Gasteiger partial charge in [0.2, 0.25) is 11.8 Å². The first kappa shape index (κ1) is 17.6. The van der Waals surface area contributed by atoms with Crippen molar-refractivity contribution in [2.45, 2.75) is 44.6 Å². The minimum Gasteiger partial charge on any atom is -0.353 e. The Balaban J connectivity index is 1.80. The highest BCUT2D eigenvalue weighted by molar-refractivity contribution is 5.97. The van der Waals surface area contributed by atoms with Crippen LogP contribution in [-0.2, 0) is 9.59 Å². The minimum absolute atomic E-state index is 0.106. The van der Waals surface area contributed by atoms with E-state index in [-0.39, 0.29) is 29.6 Å². The van der Waals surface area contributed by atoms with E-state index in [9.17, 15) is 19.7 Å². The summed E-state index contributed by atoms with van der Waals surface area (Å²) in [6, 6.07) is 6.19. The van der Waals surface area contributed by atoms with Gasteiger partial charge in [-0.1, -0.05) is 31.4 Å². The molecule has 1 aromatic rings. The van der Waals surface area contributed by atoms with Crippen LogP contribution in [0.25, 0.3) is 0 Å². The Kier molecular flexibility index (Phi) is 6.41. The molecule has 0 saturated heterocycles. The van der Waals surface area contributed by atoms with Gasteiger partial charge >= 0.3 is 0 Å². The fourth-order valence-corrected chi connectivity index (χ4v) is 2.65. The molecule has 24 heavy (non-hydrogen) atoms. The largest absolute Gasteiger partial charge is 0.353 e. The fraction of sp³-hybridized carbons (Fsp3) is 0.438. The molecule has 1 aromatic carbocycles. The van der Waals surface area contributed by atoms with Crippen molar-refractivity contribution in [3.63, 3.8) is 0 Å². The van der Waals surface area contributed by atoms with E-state index >= 15 is 0 Å². The molecule has 0 radical (unpaired) electrons. The zero-order chi connectivity index (χ0) is 17.4. The maximum Gasteiger partial charge on any atom is 0.278 e. The van der Waals surface area contributed by atoms with Crippen LogP contribution in [0.1, 0.15) is 44.1 Å². The van der Waals surface area contributed by atoms with E-state index in [2.05, 4.69) is 15.8 Å². The molecule has 0 bridgehead atoms. The molecule has 1 saturated carbocycles. The molecule has 2 N–H and O–H groups in total. The Morgan fingerprint density at radius 2 is 1.92 bits per heavy atom. The van der Waals surface area contributed by atoms with Crippen LogP contribution in [0.5, 0.6) is 0 Å². The highest BCUT2D eigenvalue weighted by Crippen LogP contribution is 2.17. The quantitative estimate of drug-likeness (QED) is 0.358. The number of para-hydroxylation sites is 1. The van der Waals surface area contributed by atoms with Gasteiger partial charge in [-0.25, -0.2) is 5.43 Å². The van der Waals surface area contributed by atoms with Crippen LogP contribution < -0.4 is 10.7 Å². The van der Waals surface area contributed by atoms with Gasteiger partial charge in [0, 0.05) is 12.1 Å². The Labute approximate surface area is 139 Å². The zero-order valence-corrected chi connectivity index (χ0v) is 13.2. The molecule has 0 atom stereocenters. The predicted molar refractivity (Wildman–Crippen MR) is 88.5 cm³/mol. The van der Waals surface area contributed by atoms with Crippen molar-refractivity contribution in [1.82, 2.24) is 10.7 Å². The lowest BCUT2D eigenvalue weighted by Gasteiger charge is -2.22. The van der Waals surface area contributed by atoms with Crippen LogP contribution in [0.3, 0.4) is 0 Å². The molecule has 2 rings (SSSR count). The van der Waals surface area contributed by atoms with Crippen molar-refractivity contribution >= 4 is 23.7 Å². The molecule has 1 aliphatic rings. The Morgan fingerprint density at radius 1 is 1.21 bits per heavy atom. The summed E-state index contributed by atoms with van der Waals surface area (Å²) < 4.78 is 0. The number of hydrogen-bond acceptors (Lipinski definition) is 5. The number of nitrogens with one attached hydrogen (secondary N) is 2. The standard InChI is InChI=1S/C16H20N4O4/c21-15(18-13-7-2-1-3-8-13)10-16(22)19-17-11-12-6-4-5-9-14(12)20(23)24/h4-6,9,11,13H,1-3,7-8,10H2,(H,18,21)(H,19,22)/b17-11-. The number of benzene rings is 1. The van der Waals surface area contributed by atoms with E-state index in [1.807, 2.05) is 0 Å². The van der Waals surface area contributed by atoms with Gasteiger partial charge in [0.15, 0.2) is 0 Å². The number of hydrazone groups is 1. The van der Waals surface area contributed by atoms with Gasteiger partial charge in [0.25, 0.3) is 5.69 Å². The van der Waals surface area contributed by atoms with Crippen LogP contribution in [0.15, 0.2) is 29.4 Å². The number of nitro benzene ring substituents is 1. The lowest BCUT2D eigenvalue weighted by atomic mass is 9.95. The van der Waals surface area contributed by atoms with Crippen LogP contribution in [-0.4, -0.2) is 29.0 Å². The minimum atomic E-state index is -0.557. The number of carbonyl (C=O) groups excluding carboxylic acids is 2. The molecule has 8 nitrogen and oxygen atoms in total. The normalized spacial score (nSPS) is 15.2. The molecule has 0 spiro atoms. The third kappa shape index (κ3) is 5.45. The molecule has 2 amide bonds. The molecule has 1 fully saturated rings. The maximum atomic E-state index is 11.8. The second-order valence-electron chi connectivity index (χ2n) is 5.69. The zero-order valence-electron chi connectivity index (χ0n) is 13.2. The van der Waals surface area contributed by atoms with Gasteiger partial charge in [0.05, 0.1) is 16.7 Å². The van der Waals surface area contributed by atoms with E-state index in [1.165, 1.54) is 24.8 Å². The van der Waals surface area contributed by atoms with Crippen LogP contribution >= 0.6 is 0 Å². The maximum absolute atomic E-state index is 11.8. The van der Waals surface area contributed by atoms with Crippen molar-refractivity contribution in [3.8, 4) is 0 Å². The second-order valence-corrected chi connectivity index (χ2v) is 5.69. The molecule has 8 heteroatoms. The van der Waals surface area contributed by atoms with Crippen LogP contribution in [0.4, 0.5) is 5.69 Å². The van der Waals surface area contributed by atoms with Crippen molar-refractivity contribution in [3.05, 3.63) is 39.9 Å². The molecule has 0 unspecified atom stereocenters. The number of nitro groups is 1. The van der Waals surface area contributed by atoms with Gasteiger partial charge in [-0.3, -0.25) is 19.7 Å². The third-order valence-corrected chi connectivity index (χ3v) is 3.82. The lowest BCUT2D eigenvalue weighted by Crippen LogP contribution is -2.38. The van der Waals surface area contributed by atoms with E-state index in [1.54, 1.807) is 12.1 Å². The number of amides is 2. The van der Waals surface area contributed by atoms with Gasteiger partial charge < -0.3 is 5.32 Å². The highest BCUT2D eigenvalue weighted by atomic mass is 16.6. The first-order valence-electron chi connectivity index (χ1n) is 7.91. The molecular weight excluding hydrogens is 312 g/mol. The summed E-state index contributed by atoms with van der Waals surface area (Å²) >= 11 is 0. The average molecular weight is 332 g/mol. The van der Waals surface area contributed by atoms with Crippen molar-refractivity contribution < 1.29 is 14.5 Å². The Morgan fingerprint density at radius 3 is 2.62 bits per heavy atom. The number of rotatable bonds is 6. The predicted octanol–water partition coefficient (Wildman–Crippen LogP) is 1.88. The summed E-state index contributed by atoms with van der Waals surface area (Å²) in [6.07, 6.45) is 6.15. The number of carbonyl (C=O) groups is 2. The summed E-state index contributed by atoms with van der Waals surface area (Å²) in [7, 11) is 0. The van der Waals surface area contributed by atoms with Crippen LogP contribution in [0, 0.1) is 10.1 Å². The Hall–Kier alpha value is -2.77. The van der Waals surface area contributed by atoms with E-state index in [0.717, 1.165) is 25.7 Å². The lowest BCUT2D eigenvalue weighted by molar-refractivity contribution is -0.385. The first-order chi connectivity index (χ1) is 11.6. The first-order valence-corrected chi connectivity index (χ1v) is 7.91. The Bertz CT molecular complexity index is 639. The molecule has 0 aliphatic heterocycles. The summed E-state index contributed by atoms with van der Waals surface area (Å²) in [4.78, 5) is 33.8. The van der Waals surface area contributed by atoms with Gasteiger partial charge in [-0.05, 0) is 18.9 Å².